The van der Waals surface area contributed by atoms with Crippen LogP contribution in [0.3, 0.4) is 0 Å². The lowest BCUT2D eigenvalue weighted by molar-refractivity contribution is 0.414. The molecule has 1 unspecified atom stereocenters. The first-order chi connectivity index (χ1) is 9.56. The predicted molar refractivity (Wildman–Crippen MR) is 87.9 cm³/mol. The number of nitrogens with one attached hydrogen (secondary N) is 1. The van der Waals surface area contributed by atoms with Gasteiger partial charge in [0.25, 0.3) is 0 Å². The van der Waals surface area contributed by atoms with Gasteiger partial charge in [0.05, 0.1) is 22.5 Å². The van der Waals surface area contributed by atoms with E-state index in [1.54, 1.807) is 13.2 Å². The number of rotatable bonds is 5. The highest BCUT2D eigenvalue weighted by Crippen LogP contribution is 2.38. The van der Waals surface area contributed by atoms with Crippen LogP contribution < -0.4 is 10.1 Å². The fourth-order valence-corrected chi connectivity index (χ4v) is 3.64. The van der Waals surface area contributed by atoms with E-state index in [2.05, 4.69) is 5.32 Å². The van der Waals surface area contributed by atoms with Crippen molar-refractivity contribution < 1.29 is 4.74 Å². The Labute approximate surface area is 137 Å². The molecule has 1 N–H and O–H groups in total. The van der Waals surface area contributed by atoms with Crippen molar-refractivity contribution in [2.45, 2.75) is 13.0 Å². The van der Waals surface area contributed by atoms with Crippen LogP contribution in [0.1, 0.15) is 23.4 Å². The van der Waals surface area contributed by atoms with Crippen LogP contribution in [0.15, 0.2) is 24.3 Å². The molecule has 2 aromatic rings. The Morgan fingerprint density at radius 1 is 1.20 bits per heavy atom. The highest BCUT2D eigenvalue weighted by molar-refractivity contribution is 7.16. The average Bonchev–Trinajstić information content (AvgIpc) is 2.85. The number of ether oxygens (including phenoxy) is 1. The van der Waals surface area contributed by atoms with Gasteiger partial charge in [-0.1, -0.05) is 41.7 Å². The largest absolute Gasteiger partial charge is 0.495 e. The van der Waals surface area contributed by atoms with Crippen molar-refractivity contribution in [3.63, 3.8) is 0 Å². The Balaban J connectivity index is 2.46. The quantitative estimate of drug-likeness (QED) is 0.778. The van der Waals surface area contributed by atoms with Crippen LogP contribution in [-0.2, 0) is 0 Å². The summed E-state index contributed by atoms with van der Waals surface area (Å²) in [4.78, 5) is 1.10. The highest BCUT2D eigenvalue weighted by Gasteiger charge is 2.20. The van der Waals surface area contributed by atoms with Gasteiger partial charge >= 0.3 is 0 Å². The molecule has 6 heteroatoms. The number of halogens is 3. The van der Waals surface area contributed by atoms with Crippen LogP contribution in [0.2, 0.25) is 14.4 Å². The van der Waals surface area contributed by atoms with Crippen LogP contribution in [0, 0.1) is 0 Å². The summed E-state index contributed by atoms with van der Waals surface area (Å²) in [5, 5.41) is 4.55. The van der Waals surface area contributed by atoms with Crippen LogP contribution in [-0.4, -0.2) is 13.7 Å². The maximum Gasteiger partial charge on any atom is 0.138 e. The molecule has 2 rings (SSSR count). The molecule has 108 valence electrons. The van der Waals surface area contributed by atoms with Crippen molar-refractivity contribution in [2.24, 2.45) is 0 Å². The predicted octanol–water partition coefficient (Wildman–Crippen LogP) is 5.42. The SMILES string of the molecule is CCNC(c1ccc(Cl)s1)c1cc(Cl)c(OC)cc1Cl. The normalized spacial score (nSPS) is 12.4. The summed E-state index contributed by atoms with van der Waals surface area (Å²) in [6.45, 7) is 2.85. The van der Waals surface area contributed by atoms with E-state index >= 15 is 0 Å². The standard InChI is InChI=1S/C14H14Cl3NOS/c1-3-18-14(12-4-5-13(17)20-12)8-6-10(16)11(19-2)7-9(8)15/h4-7,14,18H,3H2,1-2H3. The number of methoxy groups -OCH3 is 1. The van der Waals surface area contributed by atoms with Gasteiger partial charge in [-0.05, 0) is 30.3 Å². The first-order valence-corrected chi connectivity index (χ1v) is 8.03. The van der Waals surface area contributed by atoms with E-state index in [1.165, 1.54) is 11.3 Å². The fraction of sp³-hybridized carbons (Fsp3) is 0.286. The first kappa shape index (κ1) is 15.9. The zero-order chi connectivity index (χ0) is 14.7. The van der Waals surface area contributed by atoms with Gasteiger partial charge in [-0.3, -0.25) is 0 Å². The molecule has 2 nitrogen and oxygen atoms in total. The second-order valence-electron chi connectivity index (χ2n) is 4.14. The van der Waals surface area contributed by atoms with Crippen LogP contribution >= 0.6 is 46.1 Å². The minimum absolute atomic E-state index is 0.0339. The number of hydrogen-bond acceptors (Lipinski definition) is 3. The fourth-order valence-electron chi connectivity index (χ4n) is 1.97. The maximum atomic E-state index is 6.36. The highest BCUT2D eigenvalue weighted by atomic mass is 35.5. The van der Waals surface area contributed by atoms with Crippen molar-refractivity contribution in [1.29, 1.82) is 0 Å². The van der Waals surface area contributed by atoms with E-state index < -0.39 is 0 Å². The van der Waals surface area contributed by atoms with E-state index in [0.717, 1.165) is 21.3 Å². The molecule has 0 saturated carbocycles. The Bertz CT molecular complexity index is 600. The molecule has 0 aliphatic rings. The summed E-state index contributed by atoms with van der Waals surface area (Å²) >= 11 is 20.1. The summed E-state index contributed by atoms with van der Waals surface area (Å²) in [7, 11) is 1.57. The Kier molecular flexibility index (Phi) is 5.58. The Morgan fingerprint density at radius 2 is 1.95 bits per heavy atom. The first-order valence-electron chi connectivity index (χ1n) is 6.08. The minimum atomic E-state index is -0.0339. The summed E-state index contributed by atoms with van der Waals surface area (Å²) < 4.78 is 5.92. The van der Waals surface area contributed by atoms with Crippen molar-refractivity contribution in [3.05, 3.63) is 49.1 Å². The molecule has 20 heavy (non-hydrogen) atoms. The molecule has 0 fully saturated rings. The molecule has 0 aliphatic heterocycles. The zero-order valence-corrected chi connectivity index (χ0v) is 14.1. The van der Waals surface area contributed by atoms with Crippen molar-refractivity contribution in [2.75, 3.05) is 13.7 Å². The lowest BCUT2D eigenvalue weighted by Gasteiger charge is -2.19. The molecule has 1 heterocycles. The van der Waals surface area contributed by atoms with Gasteiger partial charge in [-0.15, -0.1) is 11.3 Å². The number of thiophene rings is 1. The van der Waals surface area contributed by atoms with Crippen LogP contribution in [0.25, 0.3) is 0 Å². The molecule has 0 radical (unpaired) electrons. The third kappa shape index (κ3) is 3.41. The molecule has 0 saturated heterocycles. The van der Waals surface area contributed by atoms with E-state index in [9.17, 15) is 0 Å². The smallest absolute Gasteiger partial charge is 0.138 e. The van der Waals surface area contributed by atoms with Gasteiger partial charge in [0, 0.05) is 16.0 Å². The number of benzene rings is 1. The van der Waals surface area contributed by atoms with Crippen molar-refractivity contribution in [1.82, 2.24) is 5.32 Å². The van der Waals surface area contributed by atoms with Gasteiger partial charge in [0.2, 0.25) is 0 Å². The van der Waals surface area contributed by atoms with E-state index in [4.69, 9.17) is 39.5 Å². The summed E-state index contributed by atoms with van der Waals surface area (Å²) in [6.07, 6.45) is 0. The summed E-state index contributed by atoms with van der Waals surface area (Å²) in [5.74, 6) is 0.569. The summed E-state index contributed by atoms with van der Waals surface area (Å²) in [6, 6.07) is 7.41. The lowest BCUT2D eigenvalue weighted by Crippen LogP contribution is -2.21. The maximum absolute atomic E-state index is 6.36. The molecular weight excluding hydrogens is 337 g/mol. The molecule has 1 atom stereocenters. The second-order valence-corrected chi connectivity index (χ2v) is 6.70. The Morgan fingerprint density at radius 3 is 2.50 bits per heavy atom. The third-order valence-electron chi connectivity index (χ3n) is 2.87. The van der Waals surface area contributed by atoms with Gasteiger partial charge in [-0.25, -0.2) is 0 Å². The van der Waals surface area contributed by atoms with Crippen LogP contribution in [0.5, 0.6) is 5.75 Å². The molecule has 0 amide bonds. The third-order valence-corrected chi connectivity index (χ3v) is 4.79. The van der Waals surface area contributed by atoms with Crippen LogP contribution in [0.4, 0.5) is 0 Å². The zero-order valence-electron chi connectivity index (χ0n) is 11.0. The molecule has 1 aromatic carbocycles. The molecular formula is C14H14Cl3NOS. The van der Waals surface area contributed by atoms with E-state index in [1.807, 2.05) is 25.1 Å². The molecule has 0 spiro atoms. The summed E-state index contributed by atoms with van der Waals surface area (Å²) in [5.41, 5.74) is 0.915. The minimum Gasteiger partial charge on any atom is -0.495 e. The molecule has 1 aromatic heterocycles. The molecule has 0 aliphatic carbocycles. The monoisotopic (exact) mass is 349 g/mol. The van der Waals surface area contributed by atoms with Gasteiger partial charge in [-0.2, -0.15) is 0 Å². The lowest BCUT2D eigenvalue weighted by atomic mass is 10.0. The second kappa shape index (κ2) is 7.01. The van der Waals surface area contributed by atoms with Gasteiger partial charge < -0.3 is 10.1 Å². The van der Waals surface area contributed by atoms with Gasteiger partial charge in [0.15, 0.2) is 0 Å². The van der Waals surface area contributed by atoms with E-state index in [0.29, 0.717) is 15.8 Å². The van der Waals surface area contributed by atoms with Crippen molar-refractivity contribution in [3.8, 4) is 5.75 Å². The van der Waals surface area contributed by atoms with E-state index in [-0.39, 0.29) is 6.04 Å². The van der Waals surface area contributed by atoms with Gasteiger partial charge in [0.1, 0.15) is 5.75 Å². The number of hydrogen-bond donors (Lipinski definition) is 1. The molecule has 0 bridgehead atoms. The average molecular weight is 351 g/mol. The Hall–Kier alpha value is -0.450. The van der Waals surface area contributed by atoms with Crippen molar-refractivity contribution >= 4 is 46.1 Å². The topological polar surface area (TPSA) is 21.3 Å².